The van der Waals surface area contributed by atoms with Crippen LogP contribution in [0.25, 0.3) is 11.0 Å². The Bertz CT molecular complexity index is 668. The molecule has 1 heterocycles. The Morgan fingerprint density at radius 1 is 1.32 bits per heavy atom. The fraction of sp³-hybridized carbons (Fsp3) is 0.357. The van der Waals surface area contributed by atoms with E-state index in [0.717, 1.165) is 0 Å². The van der Waals surface area contributed by atoms with E-state index in [1.807, 2.05) is 39.0 Å². The largest absolute Gasteiger partial charge is 0.350 e. The monoisotopic (exact) mass is 259 g/mol. The Balaban J connectivity index is 2.37. The Morgan fingerprint density at radius 3 is 2.68 bits per heavy atom. The van der Waals surface area contributed by atoms with Gasteiger partial charge < -0.3 is 5.32 Å². The Kier molecular flexibility index (Phi) is 3.38. The molecular formula is C14H17N3O2. The van der Waals surface area contributed by atoms with Crippen LogP contribution in [0.15, 0.2) is 35.3 Å². The van der Waals surface area contributed by atoms with Gasteiger partial charge in [0.1, 0.15) is 6.54 Å². The second kappa shape index (κ2) is 4.84. The summed E-state index contributed by atoms with van der Waals surface area (Å²) in [6.07, 6.45) is 1.24. The van der Waals surface area contributed by atoms with Crippen molar-refractivity contribution in [1.29, 1.82) is 0 Å². The van der Waals surface area contributed by atoms with Crippen molar-refractivity contribution in [3.63, 3.8) is 0 Å². The lowest BCUT2D eigenvalue weighted by atomic mass is 10.1. The van der Waals surface area contributed by atoms with Gasteiger partial charge >= 0.3 is 0 Å². The number of nitrogens with zero attached hydrogens (tertiary/aromatic N) is 2. The third kappa shape index (κ3) is 3.19. The molecule has 1 N–H and O–H groups in total. The summed E-state index contributed by atoms with van der Waals surface area (Å²) in [5, 5.41) is 2.84. The molecule has 0 aliphatic rings. The number of carbonyl (C=O) groups is 1. The number of para-hydroxylation sites is 2. The van der Waals surface area contributed by atoms with E-state index < -0.39 is 0 Å². The van der Waals surface area contributed by atoms with E-state index in [-0.39, 0.29) is 23.6 Å². The van der Waals surface area contributed by atoms with Gasteiger partial charge in [-0.15, -0.1) is 0 Å². The first-order chi connectivity index (χ1) is 8.87. The number of nitrogens with one attached hydrogen (secondary N) is 1. The molecule has 0 aliphatic heterocycles. The quantitative estimate of drug-likeness (QED) is 0.884. The standard InChI is InChI=1S/C14H17N3O2/c1-14(2,3)16-12(18)9-17-11-7-5-4-6-10(11)15-8-13(17)19/h4-8H,9H2,1-3H3,(H,16,18). The topological polar surface area (TPSA) is 64.0 Å². The number of hydrogen-bond acceptors (Lipinski definition) is 3. The average molecular weight is 259 g/mol. The van der Waals surface area contributed by atoms with Crippen LogP contribution in [0.1, 0.15) is 20.8 Å². The summed E-state index contributed by atoms with van der Waals surface area (Å²) in [7, 11) is 0. The first-order valence-corrected chi connectivity index (χ1v) is 6.12. The zero-order valence-electron chi connectivity index (χ0n) is 11.3. The Morgan fingerprint density at radius 2 is 2.00 bits per heavy atom. The molecule has 2 rings (SSSR count). The molecule has 0 unspecified atom stereocenters. The summed E-state index contributed by atoms with van der Waals surface area (Å²) in [5.74, 6) is -0.189. The van der Waals surface area contributed by atoms with Gasteiger partial charge in [-0.1, -0.05) is 12.1 Å². The van der Waals surface area contributed by atoms with Gasteiger partial charge in [0.05, 0.1) is 17.2 Å². The zero-order chi connectivity index (χ0) is 14.0. The van der Waals surface area contributed by atoms with Crippen molar-refractivity contribution in [3.05, 3.63) is 40.8 Å². The number of carbonyl (C=O) groups excluding carboxylic acids is 1. The number of amides is 1. The molecule has 5 heteroatoms. The van der Waals surface area contributed by atoms with Crippen molar-refractivity contribution in [2.24, 2.45) is 0 Å². The highest BCUT2D eigenvalue weighted by atomic mass is 16.2. The zero-order valence-corrected chi connectivity index (χ0v) is 11.3. The molecule has 0 saturated heterocycles. The Labute approximate surface area is 111 Å². The Hall–Kier alpha value is -2.17. The van der Waals surface area contributed by atoms with Crippen molar-refractivity contribution < 1.29 is 4.79 Å². The minimum Gasteiger partial charge on any atom is -0.350 e. The van der Waals surface area contributed by atoms with Crippen molar-refractivity contribution in [2.75, 3.05) is 0 Å². The van der Waals surface area contributed by atoms with Crippen LogP contribution in [0.2, 0.25) is 0 Å². The highest BCUT2D eigenvalue weighted by Crippen LogP contribution is 2.08. The third-order valence-corrected chi connectivity index (χ3v) is 2.57. The second-order valence-electron chi connectivity index (χ2n) is 5.47. The van der Waals surface area contributed by atoms with E-state index in [0.29, 0.717) is 11.0 Å². The molecule has 0 saturated carbocycles. The van der Waals surface area contributed by atoms with Crippen LogP contribution in [0.5, 0.6) is 0 Å². The molecule has 0 radical (unpaired) electrons. The lowest BCUT2D eigenvalue weighted by Gasteiger charge is -2.21. The van der Waals surface area contributed by atoms with Gasteiger partial charge in [0, 0.05) is 5.54 Å². The van der Waals surface area contributed by atoms with E-state index >= 15 is 0 Å². The molecule has 1 aromatic carbocycles. The first-order valence-electron chi connectivity index (χ1n) is 6.12. The summed E-state index contributed by atoms with van der Waals surface area (Å²) in [4.78, 5) is 27.8. The van der Waals surface area contributed by atoms with Crippen molar-refractivity contribution in [3.8, 4) is 0 Å². The fourth-order valence-corrected chi connectivity index (χ4v) is 1.88. The van der Waals surface area contributed by atoms with Gasteiger partial charge in [0.15, 0.2) is 0 Å². The van der Waals surface area contributed by atoms with Crippen molar-refractivity contribution >= 4 is 16.9 Å². The fourth-order valence-electron chi connectivity index (χ4n) is 1.88. The van der Waals surface area contributed by atoms with Gasteiger partial charge in [0.25, 0.3) is 5.56 Å². The predicted molar refractivity (Wildman–Crippen MR) is 73.9 cm³/mol. The van der Waals surface area contributed by atoms with Crippen LogP contribution in [-0.2, 0) is 11.3 Å². The number of aromatic nitrogens is 2. The van der Waals surface area contributed by atoms with Crippen molar-refractivity contribution in [1.82, 2.24) is 14.9 Å². The summed E-state index contributed by atoms with van der Waals surface area (Å²) in [6.45, 7) is 5.70. The molecule has 0 atom stereocenters. The highest BCUT2D eigenvalue weighted by molar-refractivity contribution is 5.80. The molecular weight excluding hydrogens is 242 g/mol. The lowest BCUT2D eigenvalue weighted by molar-refractivity contribution is -0.123. The third-order valence-electron chi connectivity index (χ3n) is 2.57. The molecule has 19 heavy (non-hydrogen) atoms. The summed E-state index contributed by atoms with van der Waals surface area (Å²) < 4.78 is 1.43. The maximum absolute atomic E-state index is 11.9. The second-order valence-corrected chi connectivity index (χ2v) is 5.47. The smallest absolute Gasteiger partial charge is 0.269 e. The average Bonchev–Trinajstić information content (AvgIpc) is 2.31. The molecule has 1 amide bonds. The van der Waals surface area contributed by atoms with Crippen LogP contribution in [0, 0.1) is 0 Å². The van der Waals surface area contributed by atoms with E-state index in [2.05, 4.69) is 10.3 Å². The van der Waals surface area contributed by atoms with Crippen LogP contribution in [-0.4, -0.2) is 21.0 Å². The van der Waals surface area contributed by atoms with E-state index in [4.69, 9.17) is 0 Å². The molecule has 0 spiro atoms. The molecule has 5 nitrogen and oxygen atoms in total. The van der Waals surface area contributed by atoms with E-state index in [1.54, 1.807) is 6.07 Å². The normalized spacial score (nSPS) is 11.5. The molecule has 2 aromatic rings. The number of benzene rings is 1. The van der Waals surface area contributed by atoms with Crippen LogP contribution >= 0.6 is 0 Å². The molecule has 1 aromatic heterocycles. The lowest BCUT2D eigenvalue weighted by Crippen LogP contribution is -2.43. The molecule has 100 valence electrons. The summed E-state index contributed by atoms with van der Waals surface area (Å²) in [6, 6.07) is 7.27. The molecule has 0 aliphatic carbocycles. The summed E-state index contributed by atoms with van der Waals surface area (Å²) in [5.41, 5.74) is 0.774. The number of hydrogen-bond donors (Lipinski definition) is 1. The maximum atomic E-state index is 11.9. The molecule has 0 fully saturated rings. The first kappa shape index (κ1) is 13.3. The predicted octanol–water partition coefficient (Wildman–Crippen LogP) is 1.31. The number of rotatable bonds is 2. The summed E-state index contributed by atoms with van der Waals surface area (Å²) >= 11 is 0. The molecule has 0 bridgehead atoms. The highest BCUT2D eigenvalue weighted by Gasteiger charge is 2.15. The minimum atomic E-state index is -0.316. The maximum Gasteiger partial charge on any atom is 0.269 e. The van der Waals surface area contributed by atoms with Crippen molar-refractivity contribution in [2.45, 2.75) is 32.9 Å². The minimum absolute atomic E-state index is 0.000856. The van der Waals surface area contributed by atoms with Gasteiger partial charge in [-0.2, -0.15) is 0 Å². The van der Waals surface area contributed by atoms with Crippen LogP contribution in [0.3, 0.4) is 0 Å². The van der Waals surface area contributed by atoms with E-state index in [1.165, 1.54) is 10.8 Å². The number of fused-ring (bicyclic) bond motifs is 1. The van der Waals surface area contributed by atoms with E-state index in [9.17, 15) is 9.59 Å². The van der Waals surface area contributed by atoms with Crippen LogP contribution < -0.4 is 10.9 Å². The van der Waals surface area contributed by atoms with Gasteiger partial charge in [0.2, 0.25) is 5.91 Å². The van der Waals surface area contributed by atoms with Gasteiger partial charge in [-0.25, -0.2) is 4.98 Å². The van der Waals surface area contributed by atoms with Gasteiger partial charge in [-0.05, 0) is 32.9 Å². The SMILES string of the molecule is CC(C)(C)NC(=O)Cn1c(=O)cnc2ccccc21. The van der Waals surface area contributed by atoms with Gasteiger partial charge in [-0.3, -0.25) is 14.2 Å². The van der Waals surface area contributed by atoms with Crippen LogP contribution in [0.4, 0.5) is 0 Å².